The van der Waals surface area contributed by atoms with Gasteiger partial charge in [0.15, 0.2) is 0 Å². The summed E-state index contributed by atoms with van der Waals surface area (Å²) in [5.74, 6) is 2.01. The van der Waals surface area contributed by atoms with E-state index in [0.29, 0.717) is 33.9 Å². The van der Waals surface area contributed by atoms with Crippen LogP contribution in [0.4, 0.5) is 39.2 Å². The molecule has 0 bridgehead atoms. The summed E-state index contributed by atoms with van der Waals surface area (Å²) in [4.78, 5) is 21.2. The zero-order valence-electron chi connectivity index (χ0n) is 19.1. The molecule has 4 N–H and O–H groups in total. The SMILES string of the molecule is Cc1ccc(Nc2cc(Nc3ccc(NC(=O)Nc4ccc(C)c(Cl)c4)cc3)nc(C)n2)cc1. The number of nitrogens with zero attached hydrogens (tertiary/aromatic N) is 2. The normalized spacial score (nSPS) is 10.5. The first-order valence-corrected chi connectivity index (χ1v) is 11.1. The highest BCUT2D eigenvalue weighted by molar-refractivity contribution is 6.31. The van der Waals surface area contributed by atoms with Crippen molar-refractivity contribution in [2.75, 3.05) is 21.3 Å². The highest BCUT2D eigenvalue weighted by atomic mass is 35.5. The molecular weight excluding hydrogens is 448 g/mol. The van der Waals surface area contributed by atoms with Crippen LogP contribution in [0.5, 0.6) is 0 Å². The molecule has 0 unspecified atom stereocenters. The summed E-state index contributed by atoms with van der Waals surface area (Å²) in [5.41, 5.74) is 5.21. The van der Waals surface area contributed by atoms with Crippen LogP contribution >= 0.6 is 11.6 Å². The standard InChI is InChI=1S/C26H25ClN6O/c1-16-4-7-19(8-5-16)30-24-15-25(29-18(3)28-24)31-20-10-12-21(13-11-20)32-26(34)33-22-9-6-17(2)23(27)14-22/h4-15H,1-3H3,(H2,32,33,34)(H2,28,29,30,31). The zero-order valence-corrected chi connectivity index (χ0v) is 19.9. The minimum atomic E-state index is -0.348. The molecule has 0 spiro atoms. The number of hydrogen-bond acceptors (Lipinski definition) is 5. The molecule has 0 atom stereocenters. The first kappa shape index (κ1) is 23.1. The number of anilines is 6. The van der Waals surface area contributed by atoms with Gasteiger partial charge in [0.2, 0.25) is 0 Å². The fourth-order valence-corrected chi connectivity index (χ4v) is 3.41. The lowest BCUT2D eigenvalue weighted by molar-refractivity contribution is 0.262. The van der Waals surface area contributed by atoms with Gasteiger partial charge in [-0.2, -0.15) is 0 Å². The third-order valence-corrected chi connectivity index (χ3v) is 5.41. The Morgan fingerprint density at radius 1 is 0.676 bits per heavy atom. The van der Waals surface area contributed by atoms with Gasteiger partial charge in [-0.15, -0.1) is 0 Å². The van der Waals surface area contributed by atoms with Crippen molar-refractivity contribution in [2.24, 2.45) is 0 Å². The van der Waals surface area contributed by atoms with E-state index in [-0.39, 0.29) is 6.03 Å². The van der Waals surface area contributed by atoms with E-state index in [9.17, 15) is 4.79 Å². The molecule has 172 valence electrons. The van der Waals surface area contributed by atoms with Crippen molar-refractivity contribution < 1.29 is 4.79 Å². The summed E-state index contributed by atoms with van der Waals surface area (Å²) in [6.07, 6.45) is 0. The average Bonchev–Trinajstić information content (AvgIpc) is 2.79. The Morgan fingerprint density at radius 2 is 1.18 bits per heavy atom. The molecule has 0 saturated heterocycles. The van der Waals surface area contributed by atoms with E-state index in [1.54, 1.807) is 12.1 Å². The van der Waals surface area contributed by atoms with Crippen LogP contribution in [0.15, 0.2) is 72.8 Å². The molecule has 0 aliphatic carbocycles. The van der Waals surface area contributed by atoms with Gasteiger partial charge in [0.05, 0.1) is 0 Å². The second kappa shape index (κ2) is 10.2. The van der Waals surface area contributed by atoms with Crippen LogP contribution in [-0.2, 0) is 0 Å². The lowest BCUT2D eigenvalue weighted by Crippen LogP contribution is -2.19. The Hall–Kier alpha value is -4.10. The Kier molecular flexibility index (Phi) is 6.94. The lowest BCUT2D eigenvalue weighted by Gasteiger charge is -2.12. The highest BCUT2D eigenvalue weighted by Crippen LogP contribution is 2.23. The van der Waals surface area contributed by atoms with Crippen molar-refractivity contribution in [3.8, 4) is 0 Å². The molecule has 0 aliphatic heterocycles. The summed E-state index contributed by atoms with van der Waals surface area (Å²) < 4.78 is 0. The molecule has 2 amide bonds. The van der Waals surface area contributed by atoms with Gasteiger partial charge in [0, 0.05) is 33.8 Å². The average molecular weight is 473 g/mol. The van der Waals surface area contributed by atoms with Crippen molar-refractivity contribution in [3.05, 3.63) is 94.8 Å². The number of carbonyl (C=O) groups excluding carboxylic acids is 1. The summed E-state index contributed by atoms with van der Waals surface area (Å²) in [6, 6.07) is 22.3. The number of amides is 2. The molecule has 4 rings (SSSR count). The van der Waals surface area contributed by atoms with E-state index in [0.717, 1.165) is 16.9 Å². The first-order chi connectivity index (χ1) is 16.3. The quantitative estimate of drug-likeness (QED) is 0.238. The largest absolute Gasteiger partial charge is 0.340 e. The van der Waals surface area contributed by atoms with E-state index in [1.807, 2.05) is 81.4 Å². The van der Waals surface area contributed by atoms with E-state index in [2.05, 4.69) is 31.2 Å². The van der Waals surface area contributed by atoms with Crippen LogP contribution in [0.2, 0.25) is 5.02 Å². The van der Waals surface area contributed by atoms with Crippen molar-refractivity contribution in [3.63, 3.8) is 0 Å². The van der Waals surface area contributed by atoms with Crippen LogP contribution in [0.25, 0.3) is 0 Å². The van der Waals surface area contributed by atoms with Crippen LogP contribution < -0.4 is 21.3 Å². The number of aryl methyl sites for hydroxylation is 3. The second-order valence-corrected chi connectivity index (χ2v) is 8.33. The number of urea groups is 1. The summed E-state index contributed by atoms with van der Waals surface area (Å²) in [6.45, 7) is 5.80. The van der Waals surface area contributed by atoms with Gasteiger partial charge in [-0.05, 0) is 74.9 Å². The number of carbonyl (C=O) groups is 1. The molecule has 0 fully saturated rings. The molecule has 4 aromatic rings. The van der Waals surface area contributed by atoms with Gasteiger partial charge in [0.25, 0.3) is 0 Å². The zero-order chi connectivity index (χ0) is 24.1. The molecule has 0 saturated carbocycles. The Labute approximate surface area is 203 Å². The number of halogens is 1. The van der Waals surface area contributed by atoms with Crippen molar-refractivity contribution in [1.29, 1.82) is 0 Å². The fraction of sp³-hybridized carbons (Fsp3) is 0.115. The number of aromatic nitrogens is 2. The maximum atomic E-state index is 12.3. The molecule has 1 heterocycles. The topological polar surface area (TPSA) is 91.0 Å². The van der Waals surface area contributed by atoms with Crippen LogP contribution in [-0.4, -0.2) is 16.0 Å². The van der Waals surface area contributed by atoms with E-state index in [4.69, 9.17) is 11.6 Å². The minimum absolute atomic E-state index is 0.348. The van der Waals surface area contributed by atoms with E-state index >= 15 is 0 Å². The minimum Gasteiger partial charge on any atom is -0.340 e. The molecule has 3 aromatic carbocycles. The highest BCUT2D eigenvalue weighted by Gasteiger charge is 2.06. The summed E-state index contributed by atoms with van der Waals surface area (Å²) in [7, 11) is 0. The van der Waals surface area contributed by atoms with E-state index in [1.165, 1.54) is 5.56 Å². The lowest BCUT2D eigenvalue weighted by atomic mass is 10.2. The smallest absolute Gasteiger partial charge is 0.323 e. The number of hydrogen-bond donors (Lipinski definition) is 4. The molecular formula is C26H25ClN6O. The number of benzene rings is 3. The number of rotatable bonds is 6. The summed E-state index contributed by atoms with van der Waals surface area (Å²) >= 11 is 6.12. The van der Waals surface area contributed by atoms with Crippen LogP contribution in [0, 0.1) is 20.8 Å². The van der Waals surface area contributed by atoms with Gasteiger partial charge < -0.3 is 21.3 Å². The molecule has 34 heavy (non-hydrogen) atoms. The van der Waals surface area contributed by atoms with Gasteiger partial charge >= 0.3 is 6.03 Å². The second-order valence-electron chi connectivity index (χ2n) is 7.92. The third-order valence-electron chi connectivity index (χ3n) is 5.01. The molecule has 0 aliphatic rings. The van der Waals surface area contributed by atoms with Gasteiger partial charge in [-0.1, -0.05) is 35.4 Å². The fourth-order valence-electron chi connectivity index (χ4n) is 3.23. The number of nitrogens with one attached hydrogen (secondary N) is 4. The van der Waals surface area contributed by atoms with Crippen LogP contribution in [0.1, 0.15) is 17.0 Å². The van der Waals surface area contributed by atoms with Crippen molar-refractivity contribution in [1.82, 2.24) is 9.97 Å². The Balaban J connectivity index is 1.38. The Bertz CT molecular complexity index is 1310. The maximum absolute atomic E-state index is 12.3. The molecule has 8 heteroatoms. The van der Waals surface area contributed by atoms with Crippen molar-refractivity contribution in [2.45, 2.75) is 20.8 Å². The summed E-state index contributed by atoms with van der Waals surface area (Å²) in [5, 5.41) is 12.8. The maximum Gasteiger partial charge on any atom is 0.323 e. The van der Waals surface area contributed by atoms with Gasteiger partial charge in [-0.3, -0.25) is 0 Å². The molecule has 0 radical (unpaired) electrons. The Morgan fingerprint density at radius 3 is 1.76 bits per heavy atom. The third kappa shape index (κ3) is 6.24. The van der Waals surface area contributed by atoms with Gasteiger partial charge in [0.1, 0.15) is 17.5 Å². The molecule has 1 aromatic heterocycles. The van der Waals surface area contributed by atoms with Gasteiger partial charge in [-0.25, -0.2) is 14.8 Å². The predicted octanol–water partition coefficient (Wildman–Crippen LogP) is 7.19. The monoisotopic (exact) mass is 472 g/mol. The van der Waals surface area contributed by atoms with Crippen molar-refractivity contribution >= 4 is 52.0 Å². The van der Waals surface area contributed by atoms with E-state index < -0.39 is 0 Å². The first-order valence-electron chi connectivity index (χ1n) is 10.7. The molecule has 7 nitrogen and oxygen atoms in total. The van der Waals surface area contributed by atoms with Crippen LogP contribution in [0.3, 0.4) is 0 Å². The predicted molar refractivity (Wildman–Crippen MR) is 140 cm³/mol.